The Hall–Kier alpha value is -2.41. The van der Waals surface area contributed by atoms with Gasteiger partial charge in [0, 0.05) is 17.8 Å². The molecule has 0 spiro atoms. The lowest BCUT2D eigenvalue weighted by atomic mass is 9.80. The molecule has 1 aliphatic rings. The molecule has 1 aliphatic carbocycles. The summed E-state index contributed by atoms with van der Waals surface area (Å²) in [5.41, 5.74) is 0.950. The minimum Gasteiger partial charge on any atom is -0.478 e. The standard InChI is InChI=1S/C19H27N3O4/c1-13-7-8-14(18(25)26)11-15(13)21-17(24)16(23)20-12-19(22(2)3)9-5-4-6-10-19/h7-8,11H,4-6,9-10,12H2,1-3H3,(H,20,23)(H,21,24)(H,25,26). The van der Waals surface area contributed by atoms with Crippen LogP contribution in [-0.2, 0) is 9.59 Å². The Balaban J connectivity index is 2.00. The summed E-state index contributed by atoms with van der Waals surface area (Å²) in [6, 6.07) is 4.41. The SMILES string of the molecule is Cc1ccc(C(=O)O)cc1NC(=O)C(=O)NCC1(N(C)C)CCCCC1. The van der Waals surface area contributed by atoms with Crippen molar-refractivity contribution < 1.29 is 19.5 Å². The average Bonchev–Trinajstić information content (AvgIpc) is 2.61. The summed E-state index contributed by atoms with van der Waals surface area (Å²) in [6.45, 7) is 2.16. The van der Waals surface area contributed by atoms with Crippen LogP contribution in [0.25, 0.3) is 0 Å². The quantitative estimate of drug-likeness (QED) is 0.697. The lowest BCUT2D eigenvalue weighted by Gasteiger charge is -2.43. The second-order valence-corrected chi connectivity index (χ2v) is 7.15. The van der Waals surface area contributed by atoms with Gasteiger partial charge >= 0.3 is 17.8 Å². The van der Waals surface area contributed by atoms with Gasteiger partial charge in [0.1, 0.15) is 0 Å². The van der Waals surface area contributed by atoms with Gasteiger partial charge in [0.2, 0.25) is 0 Å². The second kappa shape index (κ2) is 8.31. The lowest BCUT2D eigenvalue weighted by molar-refractivity contribution is -0.136. The van der Waals surface area contributed by atoms with E-state index in [-0.39, 0.29) is 11.1 Å². The predicted octanol–water partition coefficient (Wildman–Crippen LogP) is 2.01. The van der Waals surface area contributed by atoms with Crippen molar-refractivity contribution in [3.8, 4) is 0 Å². The number of aryl methyl sites for hydroxylation is 1. The van der Waals surface area contributed by atoms with Gasteiger partial charge < -0.3 is 20.6 Å². The number of aromatic carboxylic acids is 1. The number of carbonyl (C=O) groups is 3. The molecule has 0 aromatic heterocycles. The summed E-state index contributed by atoms with van der Waals surface area (Å²) in [4.78, 5) is 37.6. The van der Waals surface area contributed by atoms with E-state index in [9.17, 15) is 14.4 Å². The Morgan fingerprint density at radius 3 is 2.35 bits per heavy atom. The fraction of sp³-hybridized carbons (Fsp3) is 0.526. The number of rotatable bonds is 5. The maximum atomic E-state index is 12.2. The summed E-state index contributed by atoms with van der Waals surface area (Å²) < 4.78 is 0. The Morgan fingerprint density at radius 2 is 1.77 bits per heavy atom. The molecule has 1 aromatic rings. The van der Waals surface area contributed by atoms with Crippen molar-refractivity contribution in [2.75, 3.05) is 26.0 Å². The third kappa shape index (κ3) is 4.60. The van der Waals surface area contributed by atoms with Crippen LogP contribution in [0.1, 0.15) is 48.0 Å². The molecule has 0 heterocycles. The molecule has 3 N–H and O–H groups in total. The topological polar surface area (TPSA) is 98.7 Å². The van der Waals surface area contributed by atoms with E-state index in [1.807, 2.05) is 14.1 Å². The molecule has 0 unspecified atom stereocenters. The molecule has 7 nitrogen and oxygen atoms in total. The van der Waals surface area contributed by atoms with Gasteiger partial charge in [-0.1, -0.05) is 25.3 Å². The Bertz CT molecular complexity index is 694. The highest BCUT2D eigenvalue weighted by atomic mass is 16.4. The van der Waals surface area contributed by atoms with Crippen LogP contribution in [0.4, 0.5) is 5.69 Å². The number of carboxylic acids is 1. The third-order valence-corrected chi connectivity index (χ3v) is 5.25. The zero-order valence-corrected chi connectivity index (χ0v) is 15.6. The maximum Gasteiger partial charge on any atom is 0.335 e. The molecule has 1 aromatic carbocycles. The van der Waals surface area contributed by atoms with Crippen molar-refractivity contribution in [1.29, 1.82) is 0 Å². The van der Waals surface area contributed by atoms with Gasteiger partial charge in [-0.25, -0.2) is 4.79 Å². The zero-order chi connectivity index (χ0) is 19.3. The Morgan fingerprint density at radius 1 is 1.12 bits per heavy atom. The Kier molecular flexibility index (Phi) is 6.37. The van der Waals surface area contributed by atoms with Crippen LogP contribution in [0, 0.1) is 6.92 Å². The van der Waals surface area contributed by atoms with E-state index in [2.05, 4.69) is 15.5 Å². The number of carbonyl (C=O) groups excluding carboxylic acids is 2. The number of anilines is 1. The van der Waals surface area contributed by atoms with E-state index in [1.165, 1.54) is 18.6 Å². The molecule has 0 bridgehead atoms. The largest absolute Gasteiger partial charge is 0.478 e. The molecule has 7 heteroatoms. The van der Waals surface area contributed by atoms with Gasteiger partial charge in [0.25, 0.3) is 0 Å². The maximum absolute atomic E-state index is 12.2. The number of carboxylic acid groups (broad SMARTS) is 1. The number of hydrogen-bond acceptors (Lipinski definition) is 4. The van der Waals surface area contributed by atoms with Crippen LogP contribution < -0.4 is 10.6 Å². The molecular weight excluding hydrogens is 334 g/mol. The Labute approximate surface area is 153 Å². The molecule has 142 valence electrons. The van der Waals surface area contributed by atoms with Crippen molar-refractivity contribution in [1.82, 2.24) is 10.2 Å². The summed E-state index contributed by atoms with van der Waals surface area (Å²) >= 11 is 0. The van der Waals surface area contributed by atoms with Crippen LogP contribution in [0.3, 0.4) is 0 Å². The molecular formula is C19H27N3O4. The van der Waals surface area contributed by atoms with Crippen molar-refractivity contribution in [3.63, 3.8) is 0 Å². The van der Waals surface area contributed by atoms with Crippen LogP contribution in [-0.4, -0.2) is 54.0 Å². The van der Waals surface area contributed by atoms with E-state index < -0.39 is 17.8 Å². The van der Waals surface area contributed by atoms with Crippen LogP contribution in [0.2, 0.25) is 0 Å². The predicted molar refractivity (Wildman–Crippen MR) is 99.3 cm³/mol. The van der Waals surface area contributed by atoms with Gasteiger partial charge in [-0.2, -0.15) is 0 Å². The number of hydrogen-bond donors (Lipinski definition) is 3. The number of nitrogens with one attached hydrogen (secondary N) is 2. The van der Waals surface area contributed by atoms with E-state index in [1.54, 1.807) is 13.0 Å². The zero-order valence-electron chi connectivity index (χ0n) is 15.6. The minimum atomic E-state index is -1.09. The highest BCUT2D eigenvalue weighted by Crippen LogP contribution is 2.31. The first kappa shape index (κ1) is 19.9. The summed E-state index contributed by atoms with van der Waals surface area (Å²) in [7, 11) is 4.00. The molecule has 0 atom stereocenters. The highest BCUT2D eigenvalue weighted by Gasteiger charge is 2.35. The van der Waals surface area contributed by atoms with Crippen LogP contribution in [0.15, 0.2) is 18.2 Å². The molecule has 26 heavy (non-hydrogen) atoms. The van der Waals surface area contributed by atoms with Gasteiger partial charge in [-0.05, 0) is 51.6 Å². The van der Waals surface area contributed by atoms with Gasteiger partial charge in [0.05, 0.1) is 5.56 Å². The van der Waals surface area contributed by atoms with Crippen molar-refractivity contribution in [2.45, 2.75) is 44.6 Å². The van der Waals surface area contributed by atoms with Crippen LogP contribution in [0.5, 0.6) is 0 Å². The monoisotopic (exact) mass is 361 g/mol. The summed E-state index contributed by atoms with van der Waals surface area (Å²) in [5, 5.41) is 14.3. The van der Waals surface area contributed by atoms with E-state index in [4.69, 9.17) is 5.11 Å². The van der Waals surface area contributed by atoms with Crippen molar-refractivity contribution >= 4 is 23.5 Å². The van der Waals surface area contributed by atoms with Gasteiger partial charge in [-0.15, -0.1) is 0 Å². The highest BCUT2D eigenvalue weighted by molar-refractivity contribution is 6.39. The van der Waals surface area contributed by atoms with E-state index >= 15 is 0 Å². The van der Waals surface area contributed by atoms with E-state index in [0.29, 0.717) is 17.8 Å². The number of benzene rings is 1. The molecule has 1 fully saturated rings. The molecule has 1 saturated carbocycles. The molecule has 2 rings (SSSR count). The van der Waals surface area contributed by atoms with E-state index in [0.717, 1.165) is 25.7 Å². The second-order valence-electron chi connectivity index (χ2n) is 7.15. The number of amides is 2. The van der Waals surface area contributed by atoms with Gasteiger partial charge in [0.15, 0.2) is 0 Å². The molecule has 2 amide bonds. The molecule has 0 saturated heterocycles. The number of likely N-dealkylation sites (N-methyl/N-ethyl adjacent to an activating group) is 1. The van der Waals surface area contributed by atoms with Crippen molar-refractivity contribution in [2.24, 2.45) is 0 Å². The first-order valence-electron chi connectivity index (χ1n) is 8.86. The normalized spacial score (nSPS) is 16.2. The first-order valence-corrected chi connectivity index (χ1v) is 8.86. The van der Waals surface area contributed by atoms with Crippen molar-refractivity contribution in [3.05, 3.63) is 29.3 Å². The summed E-state index contributed by atoms with van der Waals surface area (Å²) in [6.07, 6.45) is 5.40. The average molecular weight is 361 g/mol. The molecule has 0 aliphatic heterocycles. The third-order valence-electron chi connectivity index (χ3n) is 5.25. The summed E-state index contributed by atoms with van der Waals surface area (Å²) in [5.74, 6) is -2.59. The fourth-order valence-corrected chi connectivity index (χ4v) is 3.39. The molecule has 0 radical (unpaired) electrons. The first-order chi connectivity index (χ1) is 12.2. The van der Waals surface area contributed by atoms with Crippen LogP contribution >= 0.6 is 0 Å². The lowest BCUT2D eigenvalue weighted by Crippen LogP contribution is -2.55. The number of nitrogens with zero attached hydrogens (tertiary/aromatic N) is 1. The fourth-order valence-electron chi connectivity index (χ4n) is 3.39. The smallest absolute Gasteiger partial charge is 0.335 e. The minimum absolute atomic E-state index is 0.0556. The van der Waals surface area contributed by atoms with Gasteiger partial charge in [-0.3, -0.25) is 9.59 Å².